The van der Waals surface area contributed by atoms with Crippen LogP contribution in [0.3, 0.4) is 0 Å². The Balaban J connectivity index is 1.30. The summed E-state index contributed by atoms with van der Waals surface area (Å²) >= 11 is 0. The molecule has 2 aromatic rings. The van der Waals surface area contributed by atoms with Gasteiger partial charge in [-0.3, -0.25) is 9.59 Å². The fourth-order valence-electron chi connectivity index (χ4n) is 4.51. The molecule has 6 heteroatoms. The Kier molecular flexibility index (Phi) is 5.97. The quantitative estimate of drug-likeness (QED) is 0.826. The Morgan fingerprint density at radius 2 is 1.72 bits per heavy atom. The average molecular weight is 396 g/mol. The molecule has 4 rings (SSSR count). The molecule has 6 nitrogen and oxygen atoms in total. The molecule has 0 atom stereocenters. The zero-order chi connectivity index (χ0) is 20.2. The number of carbonyl (C=O) groups excluding carboxylic acids is 2. The van der Waals surface area contributed by atoms with E-state index in [4.69, 9.17) is 4.52 Å². The van der Waals surface area contributed by atoms with Gasteiger partial charge < -0.3 is 14.7 Å². The summed E-state index contributed by atoms with van der Waals surface area (Å²) < 4.78 is 4.98. The molecule has 0 radical (unpaired) electrons. The summed E-state index contributed by atoms with van der Waals surface area (Å²) in [7, 11) is 0. The Morgan fingerprint density at radius 3 is 2.34 bits per heavy atom. The molecule has 2 aliphatic rings. The maximum Gasteiger partial charge on any atom is 0.253 e. The summed E-state index contributed by atoms with van der Waals surface area (Å²) in [6.45, 7) is 2.98. The van der Waals surface area contributed by atoms with Crippen LogP contribution in [-0.2, 0) is 4.79 Å². The third-order valence-corrected chi connectivity index (χ3v) is 6.27. The minimum absolute atomic E-state index is 0.0535. The molecule has 0 spiro atoms. The van der Waals surface area contributed by atoms with Gasteiger partial charge in [0, 0.05) is 30.6 Å². The normalized spacial score (nSPS) is 18.6. The summed E-state index contributed by atoms with van der Waals surface area (Å²) in [5.74, 6) is 1.66. The molecule has 1 aliphatic carbocycles. The molecule has 2 amide bonds. The second kappa shape index (κ2) is 8.80. The zero-order valence-electron chi connectivity index (χ0n) is 17.0. The Bertz CT molecular complexity index is 845. The van der Waals surface area contributed by atoms with Crippen molar-refractivity contribution in [2.24, 2.45) is 5.92 Å². The summed E-state index contributed by atoms with van der Waals surface area (Å²) in [6, 6.07) is 9.90. The van der Waals surface area contributed by atoms with Crippen molar-refractivity contribution >= 4 is 17.6 Å². The maximum atomic E-state index is 12.9. The van der Waals surface area contributed by atoms with E-state index in [0.717, 1.165) is 5.56 Å². The monoisotopic (exact) mass is 395 g/mol. The molecule has 2 fully saturated rings. The van der Waals surface area contributed by atoms with Crippen LogP contribution < -0.4 is 5.32 Å². The number of aromatic nitrogens is 1. The maximum absolute atomic E-state index is 12.9. The van der Waals surface area contributed by atoms with E-state index in [9.17, 15) is 9.59 Å². The van der Waals surface area contributed by atoms with Gasteiger partial charge in [0.05, 0.1) is 0 Å². The molecular formula is C23H29N3O3. The molecular weight excluding hydrogens is 366 g/mol. The second-order valence-corrected chi connectivity index (χ2v) is 8.34. The van der Waals surface area contributed by atoms with E-state index in [1.54, 1.807) is 13.0 Å². The number of carbonyl (C=O) groups is 2. The highest BCUT2D eigenvalue weighted by molar-refractivity contribution is 5.95. The van der Waals surface area contributed by atoms with Gasteiger partial charge in [0.2, 0.25) is 5.91 Å². The number of likely N-dealkylation sites (tertiary alicyclic amines) is 1. The average Bonchev–Trinajstić information content (AvgIpc) is 3.18. The van der Waals surface area contributed by atoms with Crippen LogP contribution in [0.2, 0.25) is 0 Å². The van der Waals surface area contributed by atoms with Gasteiger partial charge in [-0.2, -0.15) is 0 Å². The van der Waals surface area contributed by atoms with Crippen LogP contribution in [0.4, 0.5) is 5.82 Å². The van der Waals surface area contributed by atoms with Gasteiger partial charge in [-0.1, -0.05) is 36.6 Å². The Hall–Kier alpha value is -2.63. The van der Waals surface area contributed by atoms with Crippen LogP contribution in [0, 0.1) is 12.8 Å². The first kappa shape index (κ1) is 19.7. The second-order valence-electron chi connectivity index (χ2n) is 8.34. The van der Waals surface area contributed by atoms with Crippen LogP contribution in [0.25, 0.3) is 0 Å². The number of hydrogen-bond donors (Lipinski definition) is 1. The van der Waals surface area contributed by atoms with Crippen LogP contribution in [0.15, 0.2) is 34.9 Å². The number of anilines is 1. The van der Waals surface area contributed by atoms with Crippen molar-refractivity contribution in [2.45, 2.75) is 57.8 Å². The molecule has 154 valence electrons. The van der Waals surface area contributed by atoms with Crippen LogP contribution in [0.1, 0.15) is 72.5 Å². The van der Waals surface area contributed by atoms with E-state index in [1.807, 2.05) is 17.0 Å². The summed E-state index contributed by atoms with van der Waals surface area (Å²) in [5, 5.41) is 6.60. The Morgan fingerprint density at radius 1 is 1.03 bits per heavy atom. The zero-order valence-corrected chi connectivity index (χ0v) is 17.0. The summed E-state index contributed by atoms with van der Waals surface area (Å²) in [4.78, 5) is 27.1. The van der Waals surface area contributed by atoms with Crippen molar-refractivity contribution < 1.29 is 14.1 Å². The van der Waals surface area contributed by atoms with Crippen LogP contribution in [0.5, 0.6) is 0 Å². The van der Waals surface area contributed by atoms with Gasteiger partial charge in [0.25, 0.3) is 5.91 Å². The van der Waals surface area contributed by atoms with Gasteiger partial charge in [-0.05, 0) is 56.2 Å². The topological polar surface area (TPSA) is 75.4 Å². The third kappa shape index (κ3) is 4.69. The molecule has 0 unspecified atom stereocenters. The SMILES string of the molecule is Cc1cc(NC(=O)C2CCN(C(=O)c3ccc(C4CCCCC4)cc3)CC2)no1. The van der Waals surface area contributed by atoms with Gasteiger partial charge in [-0.15, -0.1) is 0 Å². The largest absolute Gasteiger partial charge is 0.360 e. The van der Waals surface area contributed by atoms with Gasteiger partial charge in [-0.25, -0.2) is 0 Å². The number of aryl methyl sites for hydroxylation is 1. The number of amides is 2. The lowest BCUT2D eigenvalue weighted by molar-refractivity contribution is -0.121. The van der Waals surface area contributed by atoms with Crippen molar-refractivity contribution in [1.82, 2.24) is 10.1 Å². The molecule has 29 heavy (non-hydrogen) atoms. The van der Waals surface area contributed by atoms with Crippen molar-refractivity contribution in [3.8, 4) is 0 Å². The summed E-state index contributed by atoms with van der Waals surface area (Å²) in [5.41, 5.74) is 2.10. The number of benzene rings is 1. The van der Waals surface area contributed by atoms with Gasteiger partial charge in [0.15, 0.2) is 5.82 Å². The first-order chi connectivity index (χ1) is 14.1. The van der Waals surface area contributed by atoms with Crippen molar-refractivity contribution in [3.63, 3.8) is 0 Å². The van der Waals surface area contributed by atoms with E-state index in [2.05, 4.69) is 22.6 Å². The predicted octanol–water partition coefficient (Wildman–Crippen LogP) is 4.52. The highest BCUT2D eigenvalue weighted by Crippen LogP contribution is 2.32. The first-order valence-electron chi connectivity index (χ1n) is 10.7. The molecule has 1 aromatic carbocycles. The number of rotatable bonds is 4. The minimum Gasteiger partial charge on any atom is -0.360 e. The smallest absolute Gasteiger partial charge is 0.253 e. The fourth-order valence-corrected chi connectivity index (χ4v) is 4.51. The summed E-state index contributed by atoms with van der Waals surface area (Å²) in [6.07, 6.45) is 7.81. The molecule has 1 N–H and O–H groups in total. The van der Waals surface area contributed by atoms with Crippen molar-refractivity contribution in [1.29, 1.82) is 0 Å². The number of nitrogens with one attached hydrogen (secondary N) is 1. The van der Waals surface area contributed by atoms with Gasteiger partial charge >= 0.3 is 0 Å². The van der Waals surface area contributed by atoms with Crippen LogP contribution >= 0.6 is 0 Å². The highest BCUT2D eigenvalue weighted by Gasteiger charge is 2.28. The lowest BCUT2D eigenvalue weighted by atomic mass is 9.84. The predicted molar refractivity (Wildman–Crippen MR) is 111 cm³/mol. The molecule has 2 heterocycles. The minimum atomic E-state index is -0.107. The molecule has 1 aromatic heterocycles. The Labute approximate surface area is 171 Å². The standard InChI is InChI=1S/C23H29N3O3/c1-16-15-21(25-29-16)24-22(27)19-11-13-26(14-12-19)23(28)20-9-7-18(8-10-20)17-5-3-2-4-6-17/h7-10,15,17,19H,2-6,11-14H2,1H3,(H,24,25,27). The van der Waals surface area contributed by atoms with Crippen molar-refractivity contribution in [2.75, 3.05) is 18.4 Å². The lowest BCUT2D eigenvalue weighted by Crippen LogP contribution is -2.41. The highest BCUT2D eigenvalue weighted by atomic mass is 16.5. The van der Waals surface area contributed by atoms with E-state index >= 15 is 0 Å². The van der Waals surface area contributed by atoms with E-state index in [1.165, 1.54) is 37.7 Å². The van der Waals surface area contributed by atoms with Crippen molar-refractivity contribution in [3.05, 3.63) is 47.2 Å². The molecule has 0 bridgehead atoms. The van der Waals surface area contributed by atoms with Crippen LogP contribution in [-0.4, -0.2) is 35.0 Å². The van der Waals surface area contributed by atoms with E-state index in [-0.39, 0.29) is 17.7 Å². The first-order valence-corrected chi connectivity index (χ1v) is 10.7. The van der Waals surface area contributed by atoms with Gasteiger partial charge in [0.1, 0.15) is 5.76 Å². The lowest BCUT2D eigenvalue weighted by Gasteiger charge is -2.31. The molecule has 1 saturated heterocycles. The third-order valence-electron chi connectivity index (χ3n) is 6.27. The van der Waals surface area contributed by atoms with E-state index in [0.29, 0.717) is 43.4 Å². The molecule has 1 saturated carbocycles. The fraction of sp³-hybridized carbons (Fsp3) is 0.522. The number of nitrogens with zero attached hydrogens (tertiary/aromatic N) is 2. The molecule has 1 aliphatic heterocycles. The number of piperidine rings is 1. The van der Waals surface area contributed by atoms with E-state index < -0.39 is 0 Å². The number of hydrogen-bond acceptors (Lipinski definition) is 4.